The maximum Gasteiger partial charge on any atom is 0.326 e. The first-order valence-electron chi connectivity index (χ1n) is 6.21. The number of aromatic nitrogens is 1. The highest BCUT2D eigenvalue weighted by atomic mass is 32.1. The van der Waals surface area contributed by atoms with Crippen LogP contribution in [0.2, 0.25) is 0 Å². The van der Waals surface area contributed by atoms with Crippen molar-refractivity contribution in [3.05, 3.63) is 16.6 Å². The molecule has 0 saturated carbocycles. The maximum atomic E-state index is 12.2. The van der Waals surface area contributed by atoms with Crippen molar-refractivity contribution >= 4 is 23.3 Å². The van der Waals surface area contributed by atoms with Crippen molar-refractivity contribution in [2.45, 2.75) is 38.0 Å². The number of aliphatic carboxylic acids is 1. The first kappa shape index (κ1) is 14.7. The number of nitrogens with zero attached hydrogens (tertiary/aromatic N) is 2. The quantitative estimate of drug-likeness (QED) is 0.758. The van der Waals surface area contributed by atoms with Gasteiger partial charge < -0.3 is 20.4 Å². The fourth-order valence-electron chi connectivity index (χ4n) is 2.20. The molecule has 1 saturated heterocycles. The van der Waals surface area contributed by atoms with Crippen LogP contribution in [-0.4, -0.2) is 50.8 Å². The van der Waals surface area contributed by atoms with Gasteiger partial charge in [0.15, 0.2) is 0 Å². The van der Waals surface area contributed by atoms with Crippen molar-refractivity contribution < 1.29 is 19.8 Å². The van der Waals surface area contributed by atoms with Gasteiger partial charge in [-0.1, -0.05) is 0 Å². The van der Waals surface area contributed by atoms with E-state index in [0.717, 1.165) is 9.91 Å². The molecule has 20 heavy (non-hydrogen) atoms. The largest absolute Gasteiger partial charge is 0.480 e. The minimum atomic E-state index is -1.11. The zero-order chi connectivity index (χ0) is 14.9. The van der Waals surface area contributed by atoms with Crippen LogP contribution in [0, 0.1) is 0 Å². The standard InChI is InChI=1S/C12H17N3O4S/c1-12(2,10-13-3-4-20-10)14-11(19)15-6-7(16)5-8(15)9(17)18/h3-4,7-8,16H,5-6H2,1-2H3,(H,14,19)(H,17,18)/t7-,8+/m1/s1. The van der Waals surface area contributed by atoms with Crippen LogP contribution in [0.15, 0.2) is 11.6 Å². The molecule has 0 radical (unpaired) electrons. The molecular formula is C12H17N3O4S. The lowest BCUT2D eigenvalue weighted by Crippen LogP contribution is -2.51. The molecule has 1 aromatic heterocycles. The lowest BCUT2D eigenvalue weighted by Gasteiger charge is -2.29. The van der Waals surface area contributed by atoms with E-state index in [-0.39, 0.29) is 13.0 Å². The van der Waals surface area contributed by atoms with Gasteiger partial charge in [-0.2, -0.15) is 0 Å². The third kappa shape index (κ3) is 2.91. The highest BCUT2D eigenvalue weighted by Gasteiger charge is 2.40. The van der Waals surface area contributed by atoms with E-state index in [1.54, 1.807) is 20.0 Å². The van der Waals surface area contributed by atoms with Gasteiger partial charge in [0.2, 0.25) is 0 Å². The number of β-amino-alcohol motifs (C(OH)–C–C–N with tert-alkyl or cyclic N) is 1. The fourth-order valence-corrected chi connectivity index (χ4v) is 2.92. The molecule has 0 spiro atoms. The predicted molar refractivity (Wildman–Crippen MR) is 72.4 cm³/mol. The first-order chi connectivity index (χ1) is 9.31. The van der Waals surface area contributed by atoms with Gasteiger partial charge in [-0.05, 0) is 13.8 Å². The Bertz CT molecular complexity index is 503. The van der Waals surface area contributed by atoms with E-state index in [1.807, 2.05) is 5.38 Å². The number of nitrogens with one attached hydrogen (secondary N) is 1. The molecule has 0 aliphatic carbocycles. The Morgan fingerprint density at radius 1 is 1.55 bits per heavy atom. The number of carbonyl (C=O) groups excluding carboxylic acids is 1. The second kappa shape index (κ2) is 5.37. The number of hydrogen-bond acceptors (Lipinski definition) is 5. The average Bonchev–Trinajstić information content (AvgIpc) is 2.96. The first-order valence-corrected chi connectivity index (χ1v) is 7.09. The van der Waals surface area contributed by atoms with Crippen LogP contribution in [0.3, 0.4) is 0 Å². The molecule has 1 fully saturated rings. The molecular weight excluding hydrogens is 282 g/mol. The van der Waals surface area contributed by atoms with E-state index in [1.165, 1.54) is 11.3 Å². The molecule has 0 bridgehead atoms. The molecule has 7 nitrogen and oxygen atoms in total. The second-order valence-electron chi connectivity index (χ2n) is 5.29. The van der Waals surface area contributed by atoms with Gasteiger partial charge in [-0.15, -0.1) is 11.3 Å². The zero-order valence-electron chi connectivity index (χ0n) is 11.2. The van der Waals surface area contributed by atoms with Gasteiger partial charge in [0.1, 0.15) is 11.0 Å². The maximum absolute atomic E-state index is 12.2. The minimum Gasteiger partial charge on any atom is -0.480 e. The number of hydrogen-bond donors (Lipinski definition) is 3. The Kier molecular flexibility index (Phi) is 3.96. The van der Waals surface area contributed by atoms with Crippen molar-refractivity contribution in [1.29, 1.82) is 0 Å². The molecule has 8 heteroatoms. The van der Waals surface area contributed by atoms with Crippen LogP contribution in [0.4, 0.5) is 4.79 Å². The van der Waals surface area contributed by atoms with Crippen LogP contribution in [0.5, 0.6) is 0 Å². The molecule has 1 aliphatic heterocycles. The number of thiazole rings is 1. The van der Waals surface area contributed by atoms with Crippen molar-refractivity contribution in [3.63, 3.8) is 0 Å². The third-order valence-corrected chi connectivity index (χ3v) is 4.31. The van der Waals surface area contributed by atoms with Crippen molar-refractivity contribution in [3.8, 4) is 0 Å². The van der Waals surface area contributed by atoms with Crippen LogP contribution < -0.4 is 5.32 Å². The highest BCUT2D eigenvalue weighted by Crippen LogP contribution is 2.24. The summed E-state index contributed by atoms with van der Waals surface area (Å²) in [7, 11) is 0. The number of likely N-dealkylation sites (tertiary alicyclic amines) is 1. The number of rotatable bonds is 3. The SMILES string of the molecule is CC(C)(NC(=O)N1C[C@H](O)C[C@H]1C(=O)O)c1nccs1. The van der Waals surface area contributed by atoms with Gasteiger partial charge in [-0.3, -0.25) is 0 Å². The Morgan fingerprint density at radius 3 is 2.80 bits per heavy atom. The van der Waals surface area contributed by atoms with Gasteiger partial charge >= 0.3 is 12.0 Å². The molecule has 3 N–H and O–H groups in total. The normalized spacial score (nSPS) is 22.9. The van der Waals surface area contributed by atoms with E-state index in [9.17, 15) is 14.7 Å². The van der Waals surface area contributed by atoms with E-state index >= 15 is 0 Å². The second-order valence-corrected chi connectivity index (χ2v) is 6.18. The summed E-state index contributed by atoms with van der Waals surface area (Å²) < 4.78 is 0. The van der Waals surface area contributed by atoms with E-state index in [0.29, 0.717) is 0 Å². The predicted octanol–water partition coefficient (Wildman–Crippen LogP) is 0.608. The Labute approximate surface area is 120 Å². The molecule has 2 heterocycles. The summed E-state index contributed by atoms with van der Waals surface area (Å²) in [6, 6.07) is -1.49. The average molecular weight is 299 g/mol. The zero-order valence-corrected chi connectivity index (χ0v) is 12.1. The number of aliphatic hydroxyl groups excluding tert-OH is 1. The van der Waals surface area contributed by atoms with Crippen molar-refractivity contribution in [2.75, 3.05) is 6.54 Å². The molecule has 0 aromatic carbocycles. The Hall–Kier alpha value is -1.67. The van der Waals surface area contributed by atoms with Crippen LogP contribution in [0.25, 0.3) is 0 Å². The third-order valence-electron chi connectivity index (χ3n) is 3.21. The summed E-state index contributed by atoms with van der Waals surface area (Å²) in [6.45, 7) is 3.62. The summed E-state index contributed by atoms with van der Waals surface area (Å²) in [4.78, 5) is 28.7. The summed E-state index contributed by atoms with van der Waals surface area (Å²) >= 11 is 1.41. The van der Waals surface area contributed by atoms with Gasteiger partial charge in [0, 0.05) is 24.5 Å². The summed E-state index contributed by atoms with van der Waals surface area (Å²) in [5, 5.41) is 24.0. The summed E-state index contributed by atoms with van der Waals surface area (Å²) in [5.74, 6) is -1.11. The van der Waals surface area contributed by atoms with Gasteiger partial charge in [0.25, 0.3) is 0 Å². The van der Waals surface area contributed by atoms with E-state index in [4.69, 9.17) is 5.11 Å². The smallest absolute Gasteiger partial charge is 0.326 e. The van der Waals surface area contributed by atoms with Gasteiger partial charge in [0.05, 0.1) is 11.6 Å². The topological polar surface area (TPSA) is 103 Å². The molecule has 110 valence electrons. The number of carbonyl (C=O) groups is 2. The molecule has 1 aromatic rings. The summed E-state index contributed by atoms with van der Waals surface area (Å²) in [6.07, 6.45) is 0.901. The highest BCUT2D eigenvalue weighted by molar-refractivity contribution is 7.09. The summed E-state index contributed by atoms with van der Waals surface area (Å²) in [5.41, 5.74) is -0.693. The lowest BCUT2D eigenvalue weighted by atomic mass is 10.1. The van der Waals surface area contributed by atoms with Crippen LogP contribution in [0.1, 0.15) is 25.3 Å². The Morgan fingerprint density at radius 2 is 2.25 bits per heavy atom. The number of aliphatic hydroxyl groups is 1. The van der Waals surface area contributed by atoms with E-state index in [2.05, 4.69) is 10.3 Å². The van der Waals surface area contributed by atoms with Crippen LogP contribution >= 0.6 is 11.3 Å². The molecule has 2 amide bonds. The molecule has 0 unspecified atom stereocenters. The molecule has 2 atom stereocenters. The minimum absolute atomic E-state index is 0.0246. The Balaban J connectivity index is 2.10. The van der Waals surface area contributed by atoms with Crippen molar-refractivity contribution in [1.82, 2.24) is 15.2 Å². The van der Waals surface area contributed by atoms with Crippen LogP contribution in [-0.2, 0) is 10.3 Å². The molecule has 2 rings (SSSR count). The fraction of sp³-hybridized carbons (Fsp3) is 0.583. The lowest BCUT2D eigenvalue weighted by molar-refractivity contribution is -0.141. The van der Waals surface area contributed by atoms with Crippen molar-refractivity contribution in [2.24, 2.45) is 0 Å². The number of carboxylic acids is 1. The molecule has 1 aliphatic rings. The number of amides is 2. The van der Waals surface area contributed by atoms with E-state index < -0.39 is 29.7 Å². The monoisotopic (exact) mass is 299 g/mol. The number of carboxylic acid groups (broad SMARTS) is 1. The number of urea groups is 1. The van der Waals surface area contributed by atoms with Gasteiger partial charge in [-0.25, -0.2) is 14.6 Å².